The van der Waals surface area contributed by atoms with Crippen molar-refractivity contribution in [2.45, 2.75) is 103 Å². The first kappa shape index (κ1) is 37.8. The first-order chi connectivity index (χ1) is 22.6. The summed E-state index contributed by atoms with van der Waals surface area (Å²) in [4.78, 5) is 63.6. The van der Waals surface area contributed by atoms with Gasteiger partial charge in [-0.05, 0) is 89.5 Å². The number of fused-ring (bicyclic) bond motifs is 3. The lowest BCUT2D eigenvalue weighted by molar-refractivity contribution is -0.155. The summed E-state index contributed by atoms with van der Waals surface area (Å²) in [6.07, 6.45) is -0.493. The van der Waals surface area contributed by atoms with Crippen LogP contribution in [0.2, 0.25) is 0 Å². The van der Waals surface area contributed by atoms with Crippen molar-refractivity contribution in [1.29, 1.82) is 0 Å². The van der Waals surface area contributed by atoms with Crippen molar-refractivity contribution in [3.8, 4) is 11.1 Å². The molecular formula is C36H49N3O9. The van der Waals surface area contributed by atoms with Gasteiger partial charge in [0.15, 0.2) is 0 Å². The van der Waals surface area contributed by atoms with Crippen molar-refractivity contribution >= 4 is 30.0 Å². The van der Waals surface area contributed by atoms with Crippen LogP contribution in [0.3, 0.4) is 0 Å². The predicted octanol–water partition coefficient (Wildman–Crippen LogP) is 5.37. The molecule has 3 rings (SSSR count). The Balaban J connectivity index is 1.64. The molecule has 2 aromatic rings. The van der Waals surface area contributed by atoms with Gasteiger partial charge in [0.1, 0.15) is 29.9 Å². The molecule has 0 spiro atoms. The molecule has 262 valence electrons. The van der Waals surface area contributed by atoms with E-state index in [0.717, 1.165) is 22.3 Å². The van der Waals surface area contributed by atoms with E-state index in [0.29, 0.717) is 19.4 Å². The van der Waals surface area contributed by atoms with Crippen LogP contribution >= 0.6 is 0 Å². The normalized spacial score (nSPS) is 13.6. The van der Waals surface area contributed by atoms with E-state index in [1.807, 2.05) is 48.5 Å². The largest absolute Gasteiger partial charge is 0.467 e. The van der Waals surface area contributed by atoms with Gasteiger partial charge in [-0.3, -0.25) is 9.59 Å². The van der Waals surface area contributed by atoms with Crippen LogP contribution in [0.25, 0.3) is 11.1 Å². The molecule has 0 aromatic heterocycles. The van der Waals surface area contributed by atoms with Gasteiger partial charge in [0, 0.05) is 18.9 Å². The third-order valence-electron chi connectivity index (χ3n) is 7.40. The first-order valence-electron chi connectivity index (χ1n) is 16.3. The summed E-state index contributed by atoms with van der Waals surface area (Å²) in [5.41, 5.74) is 2.86. The van der Waals surface area contributed by atoms with E-state index < -0.39 is 53.3 Å². The highest BCUT2D eigenvalue weighted by Crippen LogP contribution is 2.44. The van der Waals surface area contributed by atoms with Gasteiger partial charge < -0.3 is 34.9 Å². The molecule has 2 aromatic carbocycles. The van der Waals surface area contributed by atoms with Crippen LogP contribution < -0.4 is 16.0 Å². The molecule has 0 fully saturated rings. The van der Waals surface area contributed by atoms with E-state index in [4.69, 9.17) is 18.9 Å². The number of hydrogen-bond donors (Lipinski definition) is 3. The maximum absolute atomic E-state index is 13.5. The van der Waals surface area contributed by atoms with Gasteiger partial charge in [-0.25, -0.2) is 14.4 Å². The lowest BCUT2D eigenvalue weighted by Gasteiger charge is -2.24. The quantitative estimate of drug-likeness (QED) is 0.137. The predicted molar refractivity (Wildman–Crippen MR) is 179 cm³/mol. The minimum absolute atomic E-state index is 0.0301. The Labute approximate surface area is 282 Å². The van der Waals surface area contributed by atoms with Gasteiger partial charge in [0.05, 0.1) is 7.11 Å². The maximum Gasteiger partial charge on any atom is 0.407 e. The molecule has 48 heavy (non-hydrogen) atoms. The molecule has 0 saturated heterocycles. The summed E-state index contributed by atoms with van der Waals surface area (Å²) in [6.45, 7) is 10.8. The van der Waals surface area contributed by atoms with Crippen molar-refractivity contribution in [3.05, 3.63) is 59.7 Å². The lowest BCUT2D eigenvalue weighted by Crippen LogP contribution is -2.52. The SMILES string of the molecule is COC(=O)C(CCCCNC(=O)OC(C)(C)C)NC(=O)C(CCC(=O)OC(C)(C)C)NC(=O)OCC1c2ccccc2-c2ccccc21. The summed E-state index contributed by atoms with van der Waals surface area (Å²) in [7, 11) is 1.21. The van der Waals surface area contributed by atoms with Crippen molar-refractivity contribution in [2.75, 3.05) is 20.3 Å². The summed E-state index contributed by atoms with van der Waals surface area (Å²) in [5.74, 6) is -2.09. The van der Waals surface area contributed by atoms with E-state index in [9.17, 15) is 24.0 Å². The fraction of sp³-hybridized carbons (Fsp3) is 0.528. The molecule has 0 bridgehead atoms. The Morgan fingerprint density at radius 3 is 1.88 bits per heavy atom. The van der Waals surface area contributed by atoms with Crippen LogP contribution in [-0.2, 0) is 33.3 Å². The number of ether oxygens (including phenoxy) is 4. The second kappa shape index (κ2) is 17.0. The number of rotatable bonds is 14. The van der Waals surface area contributed by atoms with Gasteiger partial charge in [0.25, 0.3) is 0 Å². The zero-order valence-corrected chi connectivity index (χ0v) is 29.0. The second-order valence-electron chi connectivity index (χ2n) is 13.7. The van der Waals surface area contributed by atoms with Gasteiger partial charge in [-0.2, -0.15) is 0 Å². The van der Waals surface area contributed by atoms with Crippen molar-refractivity contribution < 1.29 is 42.9 Å². The number of esters is 2. The second-order valence-corrected chi connectivity index (χ2v) is 13.7. The molecular weight excluding hydrogens is 618 g/mol. The van der Waals surface area contributed by atoms with Crippen LogP contribution in [0.15, 0.2) is 48.5 Å². The van der Waals surface area contributed by atoms with Crippen LogP contribution in [-0.4, -0.2) is 73.6 Å². The molecule has 3 amide bonds. The van der Waals surface area contributed by atoms with Crippen LogP contribution in [0.5, 0.6) is 0 Å². The minimum atomic E-state index is -1.21. The summed E-state index contributed by atoms with van der Waals surface area (Å²) >= 11 is 0. The third-order valence-corrected chi connectivity index (χ3v) is 7.40. The zero-order chi connectivity index (χ0) is 35.5. The molecule has 0 radical (unpaired) electrons. The summed E-state index contributed by atoms with van der Waals surface area (Å²) < 4.78 is 21.1. The Bertz CT molecular complexity index is 1400. The first-order valence-corrected chi connectivity index (χ1v) is 16.3. The topological polar surface area (TPSA) is 158 Å². The zero-order valence-electron chi connectivity index (χ0n) is 29.0. The standard InChI is InChI=1S/C36H49N3O9/c1-35(2,3)47-30(40)20-19-28(31(41)38-29(32(42)45-7)18-12-13-21-37-33(43)48-36(4,5)6)39-34(44)46-22-27-25-16-10-8-14-23(25)24-15-9-11-17-26(24)27/h8-11,14-17,27-29H,12-13,18-22H2,1-7H3,(H,37,43)(H,38,41)(H,39,44). The Morgan fingerprint density at radius 1 is 0.729 bits per heavy atom. The Morgan fingerprint density at radius 2 is 1.31 bits per heavy atom. The number of unbranched alkanes of at least 4 members (excludes halogenated alkanes) is 1. The molecule has 0 saturated carbocycles. The van der Waals surface area contributed by atoms with E-state index in [1.165, 1.54) is 7.11 Å². The number of carbonyl (C=O) groups is 5. The van der Waals surface area contributed by atoms with Crippen molar-refractivity contribution in [3.63, 3.8) is 0 Å². The summed E-state index contributed by atoms with van der Waals surface area (Å²) in [6, 6.07) is 13.6. The molecule has 1 aliphatic rings. The van der Waals surface area contributed by atoms with Crippen LogP contribution in [0.4, 0.5) is 9.59 Å². The van der Waals surface area contributed by atoms with Crippen molar-refractivity contribution in [2.24, 2.45) is 0 Å². The highest BCUT2D eigenvalue weighted by molar-refractivity contribution is 5.90. The molecule has 0 heterocycles. The monoisotopic (exact) mass is 667 g/mol. The Kier molecular flexibility index (Phi) is 13.4. The molecule has 1 aliphatic carbocycles. The fourth-order valence-electron chi connectivity index (χ4n) is 5.35. The highest BCUT2D eigenvalue weighted by Gasteiger charge is 2.31. The number of alkyl carbamates (subject to hydrolysis) is 2. The lowest BCUT2D eigenvalue weighted by atomic mass is 9.98. The molecule has 2 unspecified atom stereocenters. The molecule has 12 nitrogen and oxygen atoms in total. The van der Waals surface area contributed by atoms with E-state index >= 15 is 0 Å². The third kappa shape index (κ3) is 11.9. The molecule has 3 N–H and O–H groups in total. The van der Waals surface area contributed by atoms with Gasteiger partial charge in [0.2, 0.25) is 5.91 Å². The van der Waals surface area contributed by atoms with E-state index in [-0.39, 0.29) is 31.8 Å². The van der Waals surface area contributed by atoms with E-state index in [1.54, 1.807) is 41.5 Å². The Hall–Kier alpha value is -4.61. The van der Waals surface area contributed by atoms with Gasteiger partial charge in [-0.1, -0.05) is 48.5 Å². The highest BCUT2D eigenvalue weighted by atomic mass is 16.6. The minimum Gasteiger partial charge on any atom is -0.467 e. The van der Waals surface area contributed by atoms with Crippen LogP contribution in [0, 0.1) is 0 Å². The number of amides is 3. The molecule has 2 atom stereocenters. The van der Waals surface area contributed by atoms with E-state index in [2.05, 4.69) is 16.0 Å². The van der Waals surface area contributed by atoms with Crippen LogP contribution in [0.1, 0.15) is 90.7 Å². The number of benzene rings is 2. The number of carbonyl (C=O) groups excluding carboxylic acids is 5. The number of nitrogens with one attached hydrogen (secondary N) is 3. The number of hydrogen-bond acceptors (Lipinski definition) is 9. The molecule has 0 aliphatic heterocycles. The smallest absolute Gasteiger partial charge is 0.407 e. The molecule has 12 heteroatoms. The number of methoxy groups -OCH3 is 1. The van der Waals surface area contributed by atoms with Crippen molar-refractivity contribution in [1.82, 2.24) is 16.0 Å². The summed E-state index contributed by atoms with van der Waals surface area (Å²) in [5, 5.41) is 7.89. The average molecular weight is 668 g/mol. The van der Waals surface area contributed by atoms with Gasteiger partial charge in [-0.15, -0.1) is 0 Å². The maximum atomic E-state index is 13.5. The fourth-order valence-corrected chi connectivity index (χ4v) is 5.35. The average Bonchev–Trinajstić information content (AvgIpc) is 3.32. The van der Waals surface area contributed by atoms with Gasteiger partial charge >= 0.3 is 24.1 Å².